The van der Waals surface area contributed by atoms with Crippen molar-refractivity contribution in [3.63, 3.8) is 0 Å². The zero-order valence-electron chi connectivity index (χ0n) is 18.9. The molecule has 1 N–H and O–H groups in total. The van der Waals surface area contributed by atoms with E-state index in [4.69, 9.17) is 11.6 Å². The van der Waals surface area contributed by atoms with Gasteiger partial charge in [-0.15, -0.1) is 0 Å². The smallest absolute Gasteiger partial charge is 0.257 e. The van der Waals surface area contributed by atoms with Crippen molar-refractivity contribution in [3.8, 4) is 0 Å². The highest BCUT2D eigenvalue weighted by Gasteiger charge is 2.27. The summed E-state index contributed by atoms with van der Waals surface area (Å²) in [6.07, 6.45) is 2.75. The first kappa shape index (κ1) is 23.5. The molecule has 2 heterocycles. The van der Waals surface area contributed by atoms with E-state index in [0.29, 0.717) is 40.7 Å². The number of hydrogen-bond donors (Lipinski definition) is 1. The molecule has 9 heteroatoms. The monoisotopic (exact) mass is 486 g/mol. The van der Waals surface area contributed by atoms with Gasteiger partial charge in [0.2, 0.25) is 10.0 Å². The van der Waals surface area contributed by atoms with Gasteiger partial charge in [0.15, 0.2) is 0 Å². The Morgan fingerprint density at radius 3 is 2.48 bits per heavy atom. The molecular weight excluding hydrogens is 460 g/mol. The summed E-state index contributed by atoms with van der Waals surface area (Å²) in [7, 11) is 0.0511. The summed E-state index contributed by atoms with van der Waals surface area (Å²) in [5.74, 6) is -0.363. The van der Waals surface area contributed by atoms with Crippen molar-refractivity contribution >= 4 is 49.8 Å². The Balaban J connectivity index is 1.71. The number of aryl methyl sites for hydroxylation is 1. The van der Waals surface area contributed by atoms with Crippen molar-refractivity contribution in [3.05, 3.63) is 58.7 Å². The fourth-order valence-electron chi connectivity index (χ4n) is 4.08. The average Bonchev–Trinajstić information content (AvgIpc) is 2.79. The Labute approximate surface area is 199 Å². The normalized spacial score (nSPS) is 14.9. The average molecular weight is 487 g/mol. The first-order valence-corrected chi connectivity index (χ1v) is 12.7. The molecule has 1 saturated heterocycles. The molecule has 0 atom stereocenters. The minimum absolute atomic E-state index is 0.172. The first-order chi connectivity index (χ1) is 15.7. The molecular formula is C24H27ClN4O3S. The van der Waals surface area contributed by atoms with Crippen LogP contribution in [0.3, 0.4) is 0 Å². The van der Waals surface area contributed by atoms with Crippen LogP contribution in [-0.4, -0.2) is 50.8 Å². The fourth-order valence-corrected chi connectivity index (χ4v) is 5.81. The van der Waals surface area contributed by atoms with E-state index in [9.17, 15) is 13.2 Å². The minimum atomic E-state index is -3.63. The van der Waals surface area contributed by atoms with Crippen molar-refractivity contribution in [2.75, 3.05) is 37.4 Å². The van der Waals surface area contributed by atoms with E-state index in [0.717, 1.165) is 30.2 Å². The fraction of sp³-hybridized carbons (Fsp3) is 0.333. The van der Waals surface area contributed by atoms with Crippen molar-refractivity contribution < 1.29 is 13.2 Å². The van der Waals surface area contributed by atoms with E-state index in [1.54, 1.807) is 37.3 Å². The third kappa shape index (κ3) is 4.83. The van der Waals surface area contributed by atoms with Crippen LogP contribution in [0.25, 0.3) is 10.9 Å². The Kier molecular flexibility index (Phi) is 6.61. The second-order valence-corrected chi connectivity index (χ2v) is 10.8. The highest BCUT2D eigenvalue weighted by Crippen LogP contribution is 2.31. The zero-order chi connectivity index (χ0) is 23.8. The number of rotatable bonds is 5. The number of benzene rings is 2. The second kappa shape index (κ2) is 9.29. The summed E-state index contributed by atoms with van der Waals surface area (Å²) in [5.41, 5.74) is 2.85. The van der Waals surface area contributed by atoms with E-state index in [1.165, 1.54) is 10.4 Å². The van der Waals surface area contributed by atoms with Crippen molar-refractivity contribution in [2.45, 2.75) is 31.1 Å². The van der Waals surface area contributed by atoms with E-state index >= 15 is 0 Å². The molecule has 0 unspecified atom stereocenters. The number of nitrogens with zero attached hydrogens (tertiary/aromatic N) is 3. The van der Waals surface area contributed by atoms with Crippen LogP contribution < -0.4 is 10.2 Å². The number of halogens is 1. The number of amides is 1. The highest BCUT2D eigenvalue weighted by atomic mass is 35.5. The number of hydrogen-bond acceptors (Lipinski definition) is 5. The molecule has 2 aromatic carbocycles. The number of fused-ring (bicyclic) bond motifs is 1. The van der Waals surface area contributed by atoms with Gasteiger partial charge in [0.25, 0.3) is 5.91 Å². The molecule has 3 aromatic rings. The third-order valence-electron chi connectivity index (χ3n) is 5.86. The lowest BCUT2D eigenvalue weighted by Crippen LogP contribution is -2.35. The molecule has 1 aromatic heterocycles. The van der Waals surface area contributed by atoms with Crippen LogP contribution in [0.1, 0.15) is 35.3 Å². The minimum Gasteiger partial charge on any atom is -0.376 e. The maximum absolute atomic E-state index is 13.2. The largest absolute Gasteiger partial charge is 0.376 e. The van der Waals surface area contributed by atoms with E-state index in [1.807, 2.05) is 25.1 Å². The second-order valence-electron chi connectivity index (χ2n) is 8.45. The van der Waals surface area contributed by atoms with Gasteiger partial charge >= 0.3 is 0 Å². The lowest BCUT2D eigenvalue weighted by molar-refractivity contribution is 0.102. The van der Waals surface area contributed by atoms with Crippen molar-refractivity contribution in [1.82, 2.24) is 9.29 Å². The summed E-state index contributed by atoms with van der Waals surface area (Å²) in [6, 6.07) is 11.9. The number of carbonyl (C=O) groups excluding carboxylic acids is 1. The van der Waals surface area contributed by atoms with Crippen LogP contribution in [-0.2, 0) is 10.0 Å². The number of nitrogens with one attached hydrogen (secondary N) is 1. The molecule has 0 radical (unpaired) electrons. The quantitative estimate of drug-likeness (QED) is 0.565. The van der Waals surface area contributed by atoms with Crippen LogP contribution in [0.5, 0.6) is 0 Å². The van der Waals surface area contributed by atoms with Crippen LogP contribution in [0.15, 0.2) is 47.4 Å². The summed E-state index contributed by atoms with van der Waals surface area (Å²) < 4.78 is 27.9. The van der Waals surface area contributed by atoms with Gasteiger partial charge in [-0.2, -0.15) is 4.31 Å². The molecule has 33 heavy (non-hydrogen) atoms. The molecule has 0 aliphatic carbocycles. The summed E-state index contributed by atoms with van der Waals surface area (Å²) in [6.45, 7) is 2.81. The van der Waals surface area contributed by atoms with Crippen molar-refractivity contribution in [2.24, 2.45) is 0 Å². The van der Waals surface area contributed by atoms with Gasteiger partial charge in [0, 0.05) is 37.6 Å². The lowest BCUT2D eigenvalue weighted by Gasteiger charge is -2.26. The summed E-state index contributed by atoms with van der Waals surface area (Å²) in [5, 5.41) is 4.22. The number of anilines is 2. The van der Waals surface area contributed by atoms with Gasteiger partial charge in [0.05, 0.1) is 33.0 Å². The number of aromatic nitrogens is 1. The topological polar surface area (TPSA) is 82.6 Å². The number of piperidine rings is 1. The standard InChI is InChI=1S/C24H27ClN4O3S/c1-16-20(14-17-13-18(25)7-9-21(17)26-16)24(30)27-22-15-19(8-10-23(22)28(2)3)33(31,32)29-11-5-4-6-12-29/h7-10,13-15H,4-6,11-12H2,1-3H3,(H,27,30). The SMILES string of the molecule is Cc1nc2ccc(Cl)cc2cc1C(=O)Nc1cc(S(=O)(=O)N2CCCCC2)ccc1N(C)C. The number of pyridine rings is 1. The maximum atomic E-state index is 13.2. The highest BCUT2D eigenvalue weighted by molar-refractivity contribution is 7.89. The van der Waals surface area contributed by atoms with E-state index < -0.39 is 10.0 Å². The van der Waals surface area contributed by atoms with E-state index in [-0.39, 0.29) is 10.8 Å². The molecule has 0 spiro atoms. The van der Waals surface area contributed by atoms with E-state index in [2.05, 4.69) is 10.3 Å². The molecule has 1 aliphatic heterocycles. The van der Waals surface area contributed by atoms with Gasteiger partial charge < -0.3 is 10.2 Å². The first-order valence-electron chi connectivity index (χ1n) is 10.9. The van der Waals surface area contributed by atoms with Crippen LogP contribution in [0.2, 0.25) is 5.02 Å². The van der Waals surface area contributed by atoms with Gasteiger partial charge in [0.1, 0.15) is 0 Å². The summed E-state index contributed by atoms with van der Waals surface area (Å²) >= 11 is 6.11. The van der Waals surface area contributed by atoms with Crippen molar-refractivity contribution in [1.29, 1.82) is 0 Å². The van der Waals surface area contributed by atoms with Gasteiger partial charge in [-0.3, -0.25) is 9.78 Å². The van der Waals surface area contributed by atoms with Gasteiger partial charge in [-0.25, -0.2) is 8.42 Å². The van der Waals surface area contributed by atoms with Crippen LogP contribution in [0.4, 0.5) is 11.4 Å². The van der Waals surface area contributed by atoms with Gasteiger partial charge in [-0.1, -0.05) is 18.0 Å². The molecule has 1 fully saturated rings. The molecule has 7 nitrogen and oxygen atoms in total. The van der Waals surface area contributed by atoms with Gasteiger partial charge in [-0.05, 0) is 62.2 Å². The predicted octanol–water partition coefficient (Wildman–Crippen LogP) is 4.69. The Morgan fingerprint density at radius 2 is 1.79 bits per heavy atom. The Morgan fingerprint density at radius 1 is 1.06 bits per heavy atom. The molecule has 4 rings (SSSR count). The molecule has 1 aliphatic rings. The third-order valence-corrected chi connectivity index (χ3v) is 7.99. The predicted molar refractivity (Wildman–Crippen MR) is 133 cm³/mol. The Bertz CT molecular complexity index is 1320. The lowest BCUT2D eigenvalue weighted by atomic mass is 10.1. The van der Waals surface area contributed by atoms with Crippen LogP contribution >= 0.6 is 11.6 Å². The molecule has 1 amide bonds. The number of sulfonamides is 1. The molecule has 174 valence electrons. The molecule has 0 saturated carbocycles. The maximum Gasteiger partial charge on any atom is 0.257 e. The zero-order valence-corrected chi connectivity index (χ0v) is 20.5. The summed E-state index contributed by atoms with van der Waals surface area (Å²) in [4.78, 5) is 19.8. The number of carbonyl (C=O) groups is 1. The molecule has 0 bridgehead atoms. The Hall–Kier alpha value is -2.68. The van der Waals surface area contributed by atoms with Crippen LogP contribution in [0, 0.1) is 6.92 Å².